The first-order chi connectivity index (χ1) is 15.3. The molecule has 5 nitrogen and oxygen atoms in total. The zero-order valence-electron chi connectivity index (χ0n) is 16.8. The number of hydrogen-bond donors (Lipinski definition) is 2. The maximum atomic E-state index is 14.5. The summed E-state index contributed by atoms with van der Waals surface area (Å²) in [5.41, 5.74) is 1.77. The molecule has 0 fully saturated rings. The second kappa shape index (κ2) is 8.47. The molecule has 0 saturated carbocycles. The van der Waals surface area contributed by atoms with E-state index in [0.717, 1.165) is 6.34 Å². The average Bonchev–Trinajstić information content (AvgIpc) is 2.77. The molecule has 162 valence electrons. The topological polar surface area (TPSA) is 68.8 Å². The van der Waals surface area contributed by atoms with Crippen LogP contribution in [0.5, 0.6) is 0 Å². The Morgan fingerprint density at radius 3 is 2.41 bits per heavy atom. The monoisotopic (exact) mass is 455 g/mol. The molecule has 0 bridgehead atoms. The first kappa shape index (κ1) is 21.6. The number of halogens is 4. The summed E-state index contributed by atoms with van der Waals surface area (Å²) in [6, 6.07) is 15.0. The summed E-state index contributed by atoms with van der Waals surface area (Å²) in [7, 11) is 1.68. The molecule has 0 aliphatic carbocycles. The van der Waals surface area contributed by atoms with Gasteiger partial charge < -0.3 is 4.90 Å². The summed E-state index contributed by atoms with van der Waals surface area (Å²) in [4.78, 5) is 5.92. The minimum Gasteiger partial charge on any atom is -0.329 e. The summed E-state index contributed by atoms with van der Waals surface area (Å²) < 4.78 is 41.5. The van der Waals surface area contributed by atoms with E-state index in [4.69, 9.17) is 22.4 Å². The van der Waals surface area contributed by atoms with Crippen molar-refractivity contribution in [1.82, 2.24) is 9.55 Å². The van der Waals surface area contributed by atoms with Gasteiger partial charge in [0.1, 0.15) is 11.6 Å². The van der Waals surface area contributed by atoms with E-state index in [1.807, 2.05) is 0 Å². The van der Waals surface area contributed by atoms with Crippen molar-refractivity contribution < 1.29 is 13.2 Å². The number of anilines is 2. The number of fused-ring (bicyclic) bond motifs is 1. The summed E-state index contributed by atoms with van der Waals surface area (Å²) in [5, 5.41) is 16.8. The molecule has 0 atom stereocenters. The molecule has 3 aromatic carbocycles. The van der Waals surface area contributed by atoms with E-state index in [1.54, 1.807) is 36.2 Å². The van der Waals surface area contributed by atoms with Crippen LogP contribution >= 0.6 is 11.6 Å². The molecule has 0 unspecified atom stereocenters. The van der Waals surface area contributed by atoms with Crippen molar-refractivity contribution in [2.45, 2.75) is 6.43 Å². The zero-order valence-corrected chi connectivity index (χ0v) is 17.5. The number of aromatic nitrogens is 2. The lowest BCUT2D eigenvalue weighted by molar-refractivity contribution is 0.151. The van der Waals surface area contributed by atoms with Crippen LogP contribution in [0.1, 0.15) is 12.0 Å². The fourth-order valence-corrected chi connectivity index (χ4v) is 3.65. The largest absolute Gasteiger partial charge is 0.329 e. The van der Waals surface area contributed by atoms with Gasteiger partial charge in [-0.25, -0.2) is 13.2 Å². The minimum atomic E-state index is -2.58. The molecule has 1 aromatic heterocycles. The smallest absolute Gasteiger partial charge is 0.263 e. The molecule has 0 spiro atoms. The van der Waals surface area contributed by atoms with Crippen molar-refractivity contribution in [2.75, 3.05) is 11.9 Å². The van der Waals surface area contributed by atoms with E-state index in [9.17, 15) is 13.2 Å². The Morgan fingerprint density at radius 1 is 1.03 bits per heavy atom. The van der Waals surface area contributed by atoms with E-state index in [2.05, 4.69) is 4.98 Å². The maximum Gasteiger partial charge on any atom is 0.263 e. The number of nitrogens with one attached hydrogen (secondary N) is 2. The highest BCUT2D eigenvalue weighted by atomic mass is 35.5. The van der Waals surface area contributed by atoms with Gasteiger partial charge in [-0.1, -0.05) is 35.9 Å². The second-order valence-electron chi connectivity index (χ2n) is 7.10. The lowest BCUT2D eigenvalue weighted by Gasteiger charge is -2.22. The van der Waals surface area contributed by atoms with Crippen LogP contribution in [-0.2, 0) is 0 Å². The predicted octanol–water partition coefficient (Wildman–Crippen LogP) is 6.14. The van der Waals surface area contributed by atoms with Crippen molar-refractivity contribution in [1.29, 1.82) is 10.8 Å². The molecular formula is C23H17ClF3N5. The molecule has 0 saturated heterocycles. The normalized spacial score (nSPS) is 11.2. The van der Waals surface area contributed by atoms with Gasteiger partial charge >= 0.3 is 0 Å². The first-order valence-corrected chi connectivity index (χ1v) is 9.86. The third-order valence-electron chi connectivity index (χ3n) is 5.11. The van der Waals surface area contributed by atoms with Crippen molar-refractivity contribution in [3.8, 4) is 11.1 Å². The van der Waals surface area contributed by atoms with E-state index < -0.39 is 12.2 Å². The Morgan fingerprint density at radius 2 is 1.75 bits per heavy atom. The zero-order chi connectivity index (χ0) is 23.0. The molecule has 0 aliphatic heterocycles. The Kier molecular flexibility index (Phi) is 5.71. The number of rotatable bonds is 5. The van der Waals surface area contributed by atoms with Gasteiger partial charge in [0.15, 0.2) is 0 Å². The number of alkyl halides is 2. The molecular weight excluding hydrogens is 439 g/mol. The highest BCUT2D eigenvalue weighted by Crippen LogP contribution is 2.33. The van der Waals surface area contributed by atoms with Crippen LogP contribution in [-0.4, -0.2) is 22.9 Å². The summed E-state index contributed by atoms with van der Waals surface area (Å²) >= 11 is 6.11. The van der Waals surface area contributed by atoms with Crippen LogP contribution in [0.15, 0.2) is 60.7 Å². The predicted molar refractivity (Wildman–Crippen MR) is 120 cm³/mol. The summed E-state index contributed by atoms with van der Waals surface area (Å²) in [6.07, 6.45) is -1.60. The van der Waals surface area contributed by atoms with Gasteiger partial charge in [0, 0.05) is 28.7 Å². The molecule has 32 heavy (non-hydrogen) atoms. The lowest BCUT2D eigenvalue weighted by atomic mass is 10.0. The fraction of sp³-hybridized carbons (Fsp3) is 0.0870. The highest BCUT2D eigenvalue weighted by Gasteiger charge is 2.16. The average molecular weight is 456 g/mol. The van der Waals surface area contributed by atoms with Crippen LogP contribution in [0.4, 0.5) is 24.7 Å². The fourth-order valence-electron chi connectivity index (χ4n) is 3.49. The van der Waals surface area contributed by atoms with Crippen LogP contribution in [0.2, 0.25) is 5.02 Å². The van der Waals surface area contributed by atoms with Crippen molar-refractivity contribution in [3.63, 3.8) is 0 Å². The Hall–Kier alpha value is -3.65. The van der Waals surface area contributed by atoms with Gasteiger partial charge in [-0.15, -0.1) is 0 Å². The van der Waals surface area contributed by atoms with E-state index >= 15 is 0 Å². The quantitative estimate of drug-likeness (QED) is 0.280. The number of hydrogen-bond acceptors (Lipinski definition) is 4. The van der Waals surface area contributed by atoms with Crippen molar-refractivity contribution >= 4 is 40.3 Å². The van der Waals surface area contributed by atoms with Gasteiger partial charge in [0.2, 0.25) is 5.62 Å². The molecule has 0 radical (unpaired) electrons. The Bertz CT molecular complexity index is 1380. The second-order valence-corrected chi connectivity index (χ2v) is 7.54. The van der Waals surface area contributed by atoms with Gasteiger partial charge in [0.05, 0.1) is 11.9 Å². The molecule has 0 aliphatic rings. The van der Waals surface area contributed by atoms with Gasteiger partial charge in [-0.2, -0.15) is 4.98 Å². The highest BCUT2D eigenvalue weighted by molar-refractivity contribution is 6.31. The molecule has 1 heterocycles. The van der Waals surface area contributed by atoms with Crippen LogP contribution in [0.25, 0.3) is 22.0 Å². The third kappa shape index (κ3) is 3.97. The van der Waals surface area contributed by atoms with E-state index in [0.29, 0.717) is 38.6 Å². The van der Waals surface area contributed by atoms with Crippen molar-refractivity contribution in [3.05, 3.63) is 82.7 Å². The Labute approximate surface area is 186 Å². The lowest BCUT2D eigenvalue weighted by Crippen LogP contribution is -2.26. The van der Waals surface area contributed by atoms with Crippen LogP contribution in [0.3, 0.4) is 0 Å². The van der Waals surface area contributed by atoms with Gasteiger partial charge in [0.25, 0.3) is 6.43 Å². The Balaban J connectivity index is 1.84. The van der Waals surface area contributed by atoms with Crippen LogP contribution < -0.4 is 10.5 Å². The summed E-state index contributed by atoms with van der Waals surface area (Å²) in [5.74, 6) is -0.129. The summed E-state index contributed by atoms with van der Waals surface area (Å²) in [6.45, 7) is 0. The number of nitrogens with zero attached hydrogens (tertiary/aromatic N) is 3. The molecule has 9 heteroatoms. The maximum absolute atomic E-state index is 14.5. The molecule has 0 amide bonds. The number of benzene rings is 3. The third-order valence-corrected chi connectivity index (χ3v) is 5.35. The van der Waals surface area contributed by atoms with E-state index in [-0.39, 0.29) is 11.2 Å². The van der Waals surface area contributed by atoms with E-state index in [1.165, 1.54) is 41.0 Å². The minimum absolute atomic E-state index is 0.108. The van der Waals surface area contributed by atoms with Gasteiger partial charge in [-0.3, -0.25) is 15.4 Å². The van der Waals surface area contributed by atoms with Crippen LogP contribution in [0, 0.1) is 16.6 Å². The van der Waals surface area contributed by atoms with Gasteiger partial charge in [-0.05, 0) is 47.5 Å². The molecule has 4 aromatic rings. The SMILES string of the molecule is CN(c1cc(F)cc(-c2ccc(C(F)F)cc2)c1)c1nc(=N)n(C=N)c2cc(Cl)ccc12. The standard InChI is InChI=1S/C23H17ClF3N5/c1-31(22-19-7-6-16(24)10-20(19)32(12-28)23(29)30-22)18-9-15(8-17(25)11-18)13-2-4-14(5-3-13)21(26)27/h2-12,21,28-29H,1H3. The first-order valence-electron chi connectivity index (χ1n) is 9.48. The molecule has 2 N–H and O–H groups in total. The molecule has 4 rings (SSSR count). The van der Waals surface area contributed by atoms with Crippen molar-refractivity contribution in [2.24, 2.45) is 0 Å².